The number of aromatic hydroxyl groups is 1. The van der Waals surface area contributed by atoms with Gasteiger partial charge in [0.05, 0.1) is 23.6 Å². The number of hydrogen-bond donors (Lipinski definition) is 2. The fraction of sp³-hybridized carbons (Fsp3) is 0.395. The Morgan fingerprint density at radius 1 is 1.15 bits per heavy atom. The summed E-state index contributed by atoms with van der Waals surface area (Å²) >= 11 is 1.94. The lowest BCUT2D eigenvalue weighted by Crippen LogP contribution is -2.39. The number of phenolic OH excluding ortho intramolecular Hbond substituents is 1. The Morgan fingerprint density at radius 2 is 2.02 bits per heavy atom. The van der Waals surface area contributed by atoms with Gasteiger partial charge in [-0.3, -0.25) is 4.79 Å². The minimum absolute atomic E-state index is 0.0554. The fourth-order valence-corrected chi connectivity index (χ4v) is 8.16. The number of rotatable bonds is 8. The van der Waals surface area contributed by atoms with Crippen molar-refractivity contribution in [2.45, 2.75) is 69.6 Å². The first kappa shape index (κ1) is 32.1. The standard InChI is InChI=1S/C38H43N3O4S/c1-3-26-9-7-8-18-46-36(26)24-45-38-39-34-20-25(19-29-22-31(43)21-28-10-5-6-11-32(28)29)12-15-33(34)37(40-38)41-17-16-27(35(44)4-2)13-14-30(41)23-42/h3-6,10-11,13,19,21-22,30,36,42-43H,2,7-9,12,14-18,20,23-24H2,1H3/b25-19+,26-3-/t30?,36-/m0/s1. The molecule has 6 rings (SSSR count). The average Bonchev–Trinajstić information content (AvgIpc) is 3.44. The second-order valence-electron chi connectivity index (χ2n) is 12.3. The average molecular weight is 638 g/mol. The van der Waals surface area contributed by atoms with Crippen LogP contribution >= 0.6 is 11.8 Å². The van der Waals surface area contributed by atoms with E-state index in [2.05, 4.69) is 36.6 Å². The largest absolute Gasteiger partial charge is 0.508 e. The Kier molecular flexibility index (Phi) is 10.2. The van der Waals surface area contributed by atoms with Crippen LogP contribution in [0.3, 0.4) is 0 Å². The van der Waals surface area contributed by atoms with Gasteiger partial charge < -0.3 is 19.8 Å². The summed E-state index contributed by atoms with van der Waals surface area (Å²) in [7, 11) is 0. The van der Waals surface area contributed by atoms with Gasteiger partial charge >= 0.3 is 6.01 Å². The number of aliphatic hydroxyl groups is 1. The molecule has 2 aliphatic heterocycles. The summed E-state index contributed by atoms with van der Waals surface area (Å²) in [6.07, 6.45) is 14.5. The molecule has 7 nitrogen and oxygen atoms in total. The van der Waals surface area contributed by atoms with E-state index >= 15 is 0 Å². The normalized spacial score (nSPS) is 22.2. The zero-order chi connectivity index (χ0) is 32.0. The van der Waals surface area contributed by atoms with Crippen molar-refractivity contribution in [1.29, 1.82) is 0 Å². The number of fused-ring (bicyclic) bond motifs is 2. The van der Waals surface area contributed by atoms with E-state index in [9.17, 15) is 15.0 Å². The maximum absolute atomic E-state index is 12.5. The SMILES string of the molecule is C=CC(=O)C1=CCC(CO)N(c2nc(OC[C@@H]3SCCCC/C3=C/C)nc3c2CC/C(=C\c2cc(O)cc4ccccc24)C3)CC1. The summed E-state index contributed by atoms with van der Waals surface area (Å²) in [5.74, 6) is 2.09. The highest BCUT2D eigenvalue weighted by atomic mass is 32.2. The Balaban J connectivity index is 1.36. The number of hydrogen-bond acceptors (Lipinski definition) is 8. The summed E-state index contributed by atoms with van der Waals surface area (Å²) in [6, 6.07) is 11.9. The number of allylic oxidation sites excluding steroid dienone is 3. The van der Waals surface area contributed by atoms with Crippen molar-refractivity contribution in [1.82, 2.24) is 9.97 Å². The number of thioether (sulfide) groups is 1. The fourth-order valence-electron chi connectivity index (χ4n) is 6.87. The molecule has 1 fully saturated rings. The number of aromatic nitrogens is 2. The molecule has 1 aliphatic carbocycles. The van der Waals surface area contributed by atoms with Gasteiger partial charge in [-0.15, -0.1) is 0 Å². The zero-order valence-corrected chi connectivity index (χ0v) is 27.4. The first-order valence-electron chi connectivity index (χ1n) is 16.4. The van der Waals surface area contributed by atoms with E-state index in [1.165, 1.54) is 30.1 Å². The van der Waals surface area contributed by atoms with Crippen molar-refractivity contribution in [3.63, 3.8) is 0 Å². The molecule has 0 amide bonds. The lowest BCUT2D eigenvalue weighted by molar-refractivity contribution is -0.111. The first-order chi connectivity index (χ1) is 22.5. The van der Waals surface area contributed by atoms with Crippen LogP contribution in [-0.4, -0.2) is 62.8 Å². The van der Waals surface area contributed by atoms with E-state index in [0.29, 0.717) is 38.4 Å². The Hall–Kier alpha value is -3.88. The Bertz CT molecular complexity index is 1710. The van der Waals surface area contributed by atoms with Crippen molar-refractivity contribution in [3.05, 3.63) is 94.7 Å². The molecule has 240 valence electrons. The number of carbonyl (C=O) groups is 1. The number of ketones is 1. The monoisotopic (exact) mass is 637 g/mol. The van der Waals surface area contributed by atoms with E-state index < -0.39 is 0 Å². The van der Waals surface area contributed by atoms with Gasteiger partial charge in [0.25, 0.3) is 0 Å². The highest BCUT2D eigenvalue weighted by Crippen LogP contribution is 2.37. The van der Waals surface area contributed by atoms with Gasteiger partial charge in [-0.1, -0.05) is 60.2 Å². The van der Waals surface area contributed by atoms with E-state index in [1.54, 1.807) is 6.07 Å². The highest BCUT2D eigenvalue weighted by molar-refractivity contribution is 8.00. The first-order valence-corrected chi connectivity index (χ1v) is 17.5. The molecule has 1 aromatic heterocycles. The lowest BCUT2D eigenvalue weighted by atomic mass is 9.89. The summed E-state index contributed by atoms with van der Waals surface area (Å²) in [6.45, 7) is 6.78. The third-order valence-electron chi connectivity index (χ3n) is 9.39. The maximum Gasteiger partial charge on any atom is 0.318 e. The lowest BCUT2D eigenvalue weighted by Gasteiger charge is -2.33. The van der Waals surface area contributed by atoms with E-state index in [4.69, 9.17) is 14.7 Å². The highest BCUT2D eigenvalue weighted by Gasteiger charge is 2.30. The van der Waals surface area contributed by atoms with Crippen LogP contribution in [0.4, 0.5) is 5.82 Å². The van der Waals surface area contributed by atoms with Gasteiger partial charge in [0.2, 0.25) is 0 Å². The number of benzene rings is 2. The van der Waals surface area contributed by atoms with E-state index in [1.807, 2.05) is 42.1 Å². The van der Waals surface area contributed by atoms with Crippen molar-refractivity contribution in [2.75, 3.05) is 30.4 Å². The minimum atomic E-state index is -0.218. The van der Waals surface area contributed by atoms with Gasteiger partial charge in [-0.05, 0) is 97.7 Å². The Morgan fingerprint density at radius 3 is 2.85 bits per heavy atom. The van der Waals surface area contributed by atoms with Crippen LogP contribution < -0.4 is 9.64 Å². The van der Waals surface area contributed by atoms with Crippen LogP contribution in [0, 0.1) is 0 Å². The molecule has 3 heterocycles. The number of anilines is 1. The molecule has 1 saturated heterocycles. The van der Waals surface area contributed by atoms with Gasteiger partial charge in [-0.25, -0.2) is 0 Å². The molecule has 2 atom stereocenters. The molecule has 0 spiro atoms. The summed E-state index contributed by atoms with van der Waals surface area (Å²) in [4.78, 5) is 24.7. The molecule has 46 heavy (non-hydrogen) atoms. The molecule has 0 saturated carbocycles. The molecule has 2 aromatic carbocycles. The molecule has 1 unspecified atom stereocenters. The van der Waals surface area contributed by atoms with Crippen molar-refractivity contribution in [3.8, 4) is 11.8 Å². The zero-order valence-electron chi connectivity index (χ0n) is 26.6. The van der Waals surface area contributed by atoms with Crippen LogP contribution in [0.2, 0.25) is 0 Å². The molecule has 0 bridgehead atoms. The molecule has 0 radical (unpaired) electrons. The third-order valence-corrected chi connectivity index (χ3v) is 10.8. The number of nitrogens with zero attached hydrogens (tertiary/aromatic N) is 3. The van der Waals surface area contributed by atoms with Gasteiger partial charge in [-0.2, -0.15) is 21.7 Å². The molecular formula is C38H43N3O4S. The molecule has 3 aromatic rings. The van der Waals surface area contributed by atoms with Crippen LogP contribution in [0.25, 0.3) is 16.8 Å². The van der Waals surface area contributed by atoms with E-state index in [0.717, 1.165) is 64.0 Å². The second kappa shape index (κ2) is 14.7. The number of aliphatic hydroxyl groups excluding tert-OH is 1. The van der Waals surface area contributed by atoms with Crippen LogP contribution in [0.1, 0.15) is 62.3 Å². The third kappa shape index (κ3) is 7.08. The second-order valence-corrected chi connectivity index (χ2v) is 13.6. The minimum Gasteiger partial charge on any atom is -0.508 e. The summed E-state index contributed by atoms with van der Waals surface area (Å²) in [5, 5.41) is 23.3. The van der Waals surface area contributed by atoms with Gasteiger partial charge in [0, 0.05) is 18.5 Å². The summed E-state index contributed by atoms with van der Waals surface area (Å²) < 4.78 is 6.43. The molecule has 8 heteroatoms. The van der Waals surface area contributed by atoms with Crippen LogP contribution in [0.5, 0.6) is 11.8 Å². The quantitative estimate of drug-likeness (QED) is 0.199. The molecular weight excluding hydrogens is 595 g/mol. The number of carbonyl (C=O) groups excluding carboxylic acids is 1. The van der Waals surface area contributed by atoms with Crippen molar-refractivity contribution < 1.29 is 19.7 Å². The van der Waals surface area contributed by atoms with E-state index in [-0.39, 0.29) is 29.4 Å². The van der Waals surface area contributed by atoms with Crippen LogP contribution in [0.15, 0.2) is 77.9 Å². The number of ether oxygens (including phenoxy) is 1. The van der Waals surface area contributed by atoms with Gasteiger partial charge in [0.15, 0.2) is 5.78 Å². The smallest absolute Gasteiger partial charge is 0.318 e. The van der Waals surface area contributed by atoms with Crippen molar-refractivity contribution in [2.24, 2.45) is 0 Å². The summed E-state index contributed by atoms with van der Waals surface area (Å²) in [5.41, 5.74) is 6.36. The maximum atomic E-state index is 12.5. The van der Waals surface area contributed by atoms with Crippen molar-refractivity contribution >= 4 is 40.2 Å². The van der Waals surface area contributed by atoms with Gasteiger partial charge in [0.1, 0.15) is 18.2 Å². The molecule has 3 aliphatic rings. The van der Waals surface area contributed by atoms with Crippen LogP contribution in [-0.2, 0) is 17.6 Å². The topological polar surface area (TPSA) is 95.8 Å². The molecule has 2 N–H and O–H groups in total. The predicted molar refractivity (Wildman–Crippen MR) is 188 cm³/mol. The number of phenols is 1. The predicted octanol–water partition coefficient (Wildman–Crippen LogP) is 7.16. The Labute approximate surface area is 275 Å².